The predicted molar refractivity (Wildman–Crippen MR) is 51.2 cm³/mol. The first-order chi connectivity index (χ1) is 6.11. The third-order valence-electron chi connectivity index (χ3n) is 1.52. The van der Waals surface area contributed by atoms with Crippen molar-refractivity contribution in [1.29, 1.82) is 0 Å². The minimum absolute atomic E-state index is 0.176. The maximum Gasteiger partial charge on any atom is 0.254 e. The zero-order chi connectivity index (χ0) is 9.84. The average Bonchev–Trinajstić information content (AvgIpc) is 2.02. The molecule has 0 amide bonds. The molecule has 0 fully saturated rings. The summed E-state index contributed by atoms with van der Waals surface area (Å²) in [7, 11) is 0. The Morgan fingerprint density at radius 3 is 3.00 bits per heavy atom. The molecule has 0 aliphatic heterocycles. The van der Waals surface area contributed by atoms with Crippen molar-refractivity contribution in [3.05, 3.63) is 16.4 Å². The summed E-state index contributed by atoms with van der Waals surface area (Å²) in [6.07, 6.45) is 0.503. The van der Waals surface area contributed by atoms with Gasteiger partial charge in [0.25, 0.3) is 5.56 Å². The third-order valence-corrected chi connectivity index (χ3v) is 1.52. The van der Waals surface area contributed by atoms with Crippen LogP contribution in [-0.2, 0) is 0 Å². The Morgan fingerprint density at radius 2 is 2.46 bits per heavy atom. The zero-order valence-corrected chi connectivity index (χ0v) is 7.37. The molecule has 1 unspecified atom stereocenters. The van der Waals surface area contributed by atoms with E-state index in [0.29, 0.717) is 5.95 Å². The number of hydrogen-bond donors (Lipinski definition) is 4. The molecule has 0 aliphatic carbocycles. The van der Waals surface area contributed by atoms with Crippen LogP contribution in [0.25, 0.3) is 0 Å². The summed E-state index contributed by atoms with van der Waals surface area (Å²) in [5.74, 6) is 0.480. The summed E-state index contributed by atoms with van der Waals surface area (Å²) in [6.45, 7) is 1.92. The second-order valence-electron chi connectivity index (χ2n) is 2.68. The van der Waals surface area contributed by atoms with Gasteiger partial charge in [-0.05, 0) is 6.42 Å². The molecule has 0 aromatic carbocycles. The highest BCUT2D eigenvalue weighted by Gasteiger charge is 2.01. The van der Waals surface area contributed by atoms with E-state index in [4.69, 9.17) is 11.5 Å². The van der Waals surface area contributed by atoms with Gasteiger partial charge in [0, 0.05) is 6.07 Å². The number of aromatic nitrogens is 2. The highest BCUT2D eigenvalue weighted by molar-refractivity contribution is 5.35. The van der Waals surface area contributed by atoms with Crippen LogP contribution in [0.5, 0.6) is 0 Å². The molecular formula is C7H13N5O. The van der Waals surface area contributed by atoms with E-state index >= 15 is 0 Å². The molecule has 1 aromatic heterocycles. The van der Waals surface area contributed by atoms with Crippen LogP contribution in [0.2, 0.25) is 0 Å². The summed E-state index contributed by atoms with van der Waals surface area (Å²) in [5, 5.41) is 2.80. The lowest BCUT2D eigenvalue weighted by Gasteiger charge is -2.11. The molecule has 6 heteroatoms. The van der Waals surface area contributed by atoms with Crippen LogP contribution in [0.3, 0.4) is 0 Å². The molecule has 0 aliphatic rings. The second-order valence-corrected chi connectivity index (χ2v) is 2.68. The molecule has 0 saturated carbocycles. The number of nitrogens with two attached hydrogens (primary N) is 2. The summed E-state index contributed by atoms with van der Waals surface area (Å²) in [5.41, 5.74) is 10.7. The van der Waals surface area contributed by atoms with Crippen molar-refractivity contribution in [2.24, 2.45) is 5.73 Å². The number of nitrogens with zero attached hydrogens (tertiary/aromatic N) is 1. The van der Waals surface area contributed by atoms with Gasteiger partial charge < -0.3 is 16.8 Å². The lowest BCUT2D eigenvalue weighted by Crippen LogP contribution is -2.30. The topological polar surface area (TPSA) is 110 Å². The van der Waals surface area contributed by atoms with Crippen LogP contribution in [0.1, 0.15) is 13.3 Å². The molecule has 0 bridgehead atoms. The Bertz CT molecular complexity index is 334. The average molecular weight is 183 g/mol. The highest BCUT2D eigenvalue weighted by atomic mass is 16.1. The zero-order valence-electron chi connectivity index (χ0n) is 7.37. The van der Waals surface area contributed by atoms with Crippen molar-refractivity contribution in [3.8, 4) is 0 Å². The first-order valence-electron chi connectivity index (χ1n) is 4.00. The van der Waals surface area contributed by atoms with E-state index in [1.54, 1.807) is 0 Å². The van der Waals surface area contributed by atoms with Gasteiger partial charge in [0.2, 0.25) is 5.95 Å². The van der Waals surface area contributed by atoms with Crippen LogP contribution < -0.4 is 22.3 Å². The second kappa shape index (κ2) is 3.90. The molecule has 0 radical (unpaired) electrons. The van der Waals surface area contributed by atoms with Crippen molar-refractivity contribution in [1.82, 2.24) is 9.97 Å². The maximum absolute atomic E-state index is 10.9. The van der Waals surface area contributed by atoms with Crippen molar-refractivity contribution in [2.45, 2.75) is 19.5 Å². The monoisotopic (exact) mass is 183 g/mol. The van der Waals surface area contributed by atoms with Gasteiger partial charge >= 0.3 is 0 Å². The molecule has 1 aromatic rings. The molecular weight excluding hydrogens is 170 g/mol. The van der Waals surface area contributed by atoms with Gasteiger partial charge in [-0.25, -0.2) is 0 Å². The predicted octanol–water partition coefficient (Wildman–Crippen LogP) is -0.541. The van der Waals surface area contributed by atoms with Crippen LogP contribution in [0.4, 0.5) is 11.8 Å². The van der Waals surface area contributed by atoms with E-state index in [-0.39, 0.29) is 17.5 Å². The minimum atomic E-state index is -0.293. The summed E-state index contributed by atoms with van der Waals surface area (Å²) in [6, 6.07) is 1.21. The number of H-pyrrole nitrogens is 1. The SMILES string of the molecule is CCC(N)Nc1nc(N)cc(=O)[nH]1. The van der Waals surface area contributed by atoms with Crippen molar-refractivity contribution in [2.75, 3.05) is 11.1 Å². The van der Waals surface area contributed by atoms with Gasteiger partial charge in [0.1, 0.15) is 5.82 Å². The third kappa shape index (κ3) is 2.75. The first-order valence-corrected chi connectivity index (χ1v) is 4.00. The Hall–Kier alpha value is -1.56. The van der Waals surface area contributed by atoms with Crippen molar-refractivity contribution < 1.29 is 0 Å². The molecule has 1 atom stereocenters. The number of nitrogens with one attached hydrogen (secondary N) is 2. The molecule has 13 heavy (non-hydrogen) atoms. The number of aromatic amines is 1. The Labute approximate surface area is 75.4 Å². The smallest absolute Gasteiger partial charge is 0.254 e. The van der Waals surface area contributed by atoms with Crippen LogP contribution in [0.15, 0.2) is 10.9 Å². The van der Waals surface area contributed by atoms with E-state index in [9.17, 15) is 4.79 Å². The molecule has 0 spiro atoms. The highest BCUT2D eigenvalue weighted by Crippen LogP contribution is 1.99. The number of hydrogen-bond acceptors (Lipinski definition) is 5. The number of nitrogen functional groups attached to an aromatic ring is 1. The molecule has 0 saturated heterocycles. The Kier molecular flexibility index (Phi) is 2.86. The van der Waals surface area contributed by atoms with Gasteiger partial charge in [0.05, 0.1) is 6.17 Å². The maximum atomic E-state index is 10.9. The van der Waals surface area contributed by atoms with E-state index < -0.39 is 0 Å². The lowest BCUT2D eigenvalue weighted by atomic mass is 10.4. The van der Waals surface area contributed by atoms with Crippen LogP contribution in [0, 0.1) is 0 Å². The van der Waals surface area contributed by atoms with Gasteiger partial charge in [-0.3, -0.25) is 9.78 Å². The van der Waals surface area contributed by atoms with E-state index in [0.717, 1.165) is 6.42 Å². The fourth-order valence-electron chi connectivity index (χ4n) is 0.822. The normalized spacial score (nSPS) is 12.5. The Balaban J connectivity index is 2.83. The van der Waals surface area contributed by atoms with Gasteiger partial charge in [0.15, 0.2) is 0 Å². The van der Waals surface area contributed by atoms with Crippen LogP contribution in [-0.4, -0.2) is 16.1 Å². The van der Waals surface area contributed by atoms with Gasteiger partial charge in [-0.15, -0.1) is 0 Å². The lowest BCUT2D eigenvalue weighted by molar-refractivity contribution is 0.719. The minimum Gasteiger partial charge on any atom is -0.383 e. The fraction of sp³-hybridized carbons (Fsp3) is 0.429. The van der Waals surface area contributed by atoms with E-state index in [1.165, 1.54) is 6.07 Å². The van der Waals surface area contributed by atoms with Crippen molar-refractivity contribution >= 4 is 11.8 Å². The molecule has 1 rings (SSSR count). The summed E-state index contributed by atoms with van der Waals surface area (Å²) in [4.78, 5) is 17.3. The Morgan fingerprint density at radius 1 is 1.77 bits per heavy atom. The largest absolute Gasteiger partial charge is 0.383 e. The fourth-order valence-corrected chi connectivity index (χ4v) is 0.822. The van der Waals surface area contributed by atoms with Crippen molar-refractivity contribution in [3.63, 3.8) is 0 Å². The summed E-state index contributed by atoms with van der Waals surface area (Å²) >= 11 is 0. The van der Waals surface area contributed by atoms with Crippen LogP contribution >= 0.6 is 0 Å². The molecule has 6 N–H and O–H groups in total. The molecule has 72 valence electrons. The number of anilines is 2. The van der Waals surface area contributed by atoms with Gasteiger partial charge in [-0.1, -0.05) is 6.92 Å². The quantitative estimate of drug-likeness (QED) is 0.470. The number of rotatable bonds is 3. The van der Waals surface area contributed by atoms with E-state index in [1.807, 2.05) is 6.92 Å². The first kappa shape index (κ1) is 9.53. The molecule has 1 heterocycles. The molecule has 6 nitrogen and oxygen atoms in total. The summed E-state index contributed by atoms with van der Waals surface area (Å²) < 4.78 is 0. The van der Waals surface area contributed by atoms with E-state index in [2.05, 4.69) is 15.3 Å². The van der Waals surface area contributed by atoms with Gasteiger partial charge in [-0.2, -0.15) is 4.98 Å². The standard InChI is InChI=1S/C7H13N5O/c1-2-4(8)10-7-11-5(9)3-6(13)12-7/h3-4H,2,8H2,1H3,(H4,9,10,11,12,13).